The van der Waals surface area contributed by atoms with Crippen LogP contribution in [-0.2, 0) is 20.9 Å². The molecule has 0 saturated carbocycles. The van der Waals surface area contributed by atoms with Gasteiger partial charge in [0.2, 0.25) is 0 Å². The maximum absolute atomic E-state index is 11.7. The van der Waals surface area contributed by atoms with Crippen molar-refractivity contribution in [3.05, 3.63) is 35.9 Å². The Morgan fingerprint density at radius 1 is 1.27 bits per heavy atom. The highest BCUT2D eigenvalue weighted by Crippen LogP contribution is 2.17. The van der Waals surface area contributed by atoms with Crippen LogP contribution in [-0.4, -0.2) is 35.4 Å². The molecule has 6 heteroatoms. The fourth-order valence-corrected chi connectivity index (χ4v) is 2.05. The molecule has 0 aromatic heterocycles. The molecule has 0 heterocycles. The van der Waals surface area contributed by atoms with Gasteiger partial charge < -0.3 is 19.9 Å². The maximum atomic E-state index is 11.7. The number of ether oxygens (including phenoxy) is 2. The predicted molar refractivity (Wildman–Crippen MR) is 81.5 cm³/mol. The van der Waals surface area contributed by atoms with Crippen LogP contribution in [0.4, 0.5) is 4.79 Å². The van der Waals surface area contributed by atoms with Gasteiger partial charge in [-0.15, -0.1) is 0 Å². The third kappa shape index (κ3) is 6.58. The van der Waals surface area contributed by atoms with E-state index >= 15 is 0 Å². The highest BCUT2D eigenvalue weighted by molar-refractivity contribution is 5.79. The van der Waals surface area contributed by atoms with E-state index in [1.54, 1.807) is 13.8 Å². The smallest absolute Gasteiger partial charge is 0.408 e. The van der Waals surface area contributed by atoms with Gasteiger partial charge >= 0.3 is 12.1 Å². The average Bonchev–Trinajstić information content (AvgIpc) is 2.45. The molecule has 0 aliphatic rings. The zero-order valence-electron chi connectivity index (χ0n) is 13.2. The van der Waals surface area contributed by atoms with E-state index in [9.17, 15) is 14.7 Å². The van der Waals surface area contributed by atoms with Crippen LogP contribution in [0.15, 0.2) is 30.3 Å². The van der Waals surface area contributed by atoms with Crippen LogP contribution in [0.3, 0.4) is 0 Å². The highest BCUT2D eigenvalue weighted by atomic mass is 16.5. The first kappa shape index (κ1) is 18.0. The Bertz CT molecular complexity index is 487. The average molecular weight is 309 g/mol. The van der Waals surface area contributed by atoms with Crippen molar-refractivity contribution in [2.75, 3.05) is 6.61 Å². The van der Waals surface area contributed by atoms with E-state index in [4.69, 9.17) is 9.47 Å². The summed E-state index contributed by atoms with van der Waals surface area (Å²) in [5.74, 6) is -1.12. The Morgan fingerprint density at radius 3 is 2.45 bits per heavy atom. The summed E-state index contributed by atoms with van der Waals surface area (Å²) < 4.78 is 10.5. The van der Waals surface area contributed by atoms with Crippen LogP contribution in [0.2, 0.25) is 0 Å². The Labute approximate surface area is 130 Å². The fraction of sp³-hybridized carbons (Fsp3) is 0.500. The lowest BCUT2D eigenvalue weighted by Crippen LogP contribution is -2.46. The molecule has 122 valence electrons. The molecule has 0 bridgehead atoms. The lowest BCUT2D eigenvalue weighted by Gasteiger charge is -2.28. The number of aliphatic carboxylic acids is 1. The van der Waals surface area contributed by atoms with Crippen LogP contribution in [0.5, 0.6) is 0 Å². The first-order valence-electron chi connectivity index (χ1n) is 7.18. The van der Waals surface area contributed by atoms with Crippen molar-refractivity contribution in [1.82, 2.24) is 5.32 Å². The van der Waals surface area contributed by atoms with Crippen molar-refractivity contribution >= 4 is 12.1 Å². The van der Waals surface area contributed by atoms with Crippen LogP contribution in [0.25, 0.3) is 0 Å². The number of amides is 1. The quantitative estimate of drug-likeness (QED) is 0.771. The van der Waals surface area contributed by atoms with Crippen molar-refractivity contribution in [2.24, 2.45) is 0 Å². The zero-order chi connectivity index (χ0) is 16.6. The standard InChI is InChI=1S/C16H23NO5/c1-4-22-16(2,3)10-13(14(18)19)17-15(20)21-11-12-8-6-5-7-9-12/h5-9,13H,4,10-11H2,1-3H3,(H,17,20)(H,18,19). The summed E-state index contributed by atoms with van der Waals surface area (Å²) >= 11 is 0. The number of carboxylic acid groups (broad SMARTS) is 1. The van der Waals surface area contributed by atoms with Gasteiger partial charge in [-0.3, -0.25) is 0 Å². The number of benzene rings is 1. The van der Waals surface area contributed by atoms with E-state index < -0.39 is 23.7 Å². The Balaban J connectivity index is 2.52. The second-order valence-electron chi connectivity index (χ2n) is 5.49. The van der Waals surface area contributed by atoms with Gasteiger partial charge in [0, 0.05) is 13.0 Å². The summed E-state index contributed by atoms with van der Waals surface area (Å²) in [5, 5.41) is 11.6. The Hall–Kier alpha value is -2.08. The van der Waals surface area contributed by atoms with Gasteiger partial charge in [-0.1, -0.05) is 30.3 Å². The lowest BCUT2D eigenvalue weighted by molar-refractivity contribution is -0.141. The summed E-state index contributed by atoms with van der Waals surface area (Å²) in [5.41, 5.74) is 0.184. The minimum atomic E-state index is -1.12. The minimum absolute atomic E-state index is 0.0911. The molecule has 0 aliphatic heterocycles. The fourth-order valence-electron chi connectivity index (χ4n) is 2.05. The van der Waals surface area contributed by atoms with Gasteiger partial charge in [-0.05, 0) is 26.3 Å². The largest absolute Gasteiger partial charge is 0.480 e. The molecule has 0 fully saturated rings. The summed E-state index contributed by atoms with van der Waals surface area (Å²) in [6, 6.07) is 8.10. The molecule has 1 atom stereocenters. The SMILES string of the molecule is CCOC(C)(C)CC(NC(=O)OCc1ccccc1)C(=O)O. The molecular formula is C16H23NO5. The Kier molecular flexibility index (Phi) is 6.85. The first-order valence-corrected chi connectivity index (χ1v) is 7.18. The van der Waals surface area contributed by atoms with Gasteiger partial charge in [0.25, 0.3) is 0 Å². The Morgan fingerprint density at radius 2 is 1.91 bits per heavy atom. The first-order chi connectivity index (χ1) is 10.3. The van der Waals surface area contributed by atoms with E-state index in [2.05, 4.69) is 5.32 Å². The molecule has 1 unspecified atom stereocenters. The second kappa shape index (κ2) is 8.38. The normalized spacial score (nSPS) is 12.5. The maximum Gasteiger partial charge on any atom is 0.408 e. The van der Waals surface area contributed by atoms with Crippen LogP contribution < -0.4 is 5.32 Å². The molecule has 1 amide bonds. The second-order valence-corrected chi connectivity index (χ2v) is 5.49. The molecule has 0 radical (unpaired) electrons. The molecule has 0 spiro atoms. The lowest BCUT2D eigenvalue weighted by atomic mass is 9.99. The van der Waals surface area contributed by atoms with E-state index in [1.807, 2.05) is 37.3 Å². The van der Waals surface area contributed by atoms with Crippen LogP contribution in [0, 0.1) is 0 Å². The number of carboxylic acids is 1. The molecular weight excluding hydrogens is 286 g/mol. The van der Waals surface area contributed by atoms with Crippen LogP contribution >= 0.6 is 0 Å². The third-order valence-corrected chi connectivity index (χ3v) is 3.03. The number of carbonyl (C=O) groups excluding carboxylic acids is 1. The number of hydrogen-bond donors (Lipinski definition) is 2. The number of nitrogens with one attached hydrogen (secondary N) is 1. The number of rotatable bonds is 8. The van der Waals surface area contributed by atoms with Gasteiger partial charge in [0.15, 0.2) is 0 Å². The van der Waals surface area contributed by atoms with Crippen LogP contribution in [0.1, 0.15) is 32.8 Å². The third-order valence-electron chi connectivity index (χ3n) is 3.03. The molecule has 1 rings (SSSR count). The van der Waals surface area contributed by atoms with Gasteiger partial charge in [0.1, 0.15) is 12.6 Å². The highest BCUT2D eigenvalue weighted by Gasteiger charge is 2.29. The number of alkyl carbamates (subject to hydrolysis) is 1. The molecule has 0 aliphatic carbocycles. The zero-order valence-corrected chi connectivity index (χ0v) is 13.2. The van der Waals surface area contributed by atoms with Crippen molar-refractivity contribution < 1.29 is 24.2 Å². The van der Waals surface area contributed by atoms with E-state index in [0.717, 1.165) is 5.56 Å². The summed E-state index contributed by atoms with van der Waals surface area (Å²) in [4.78, 5) is 23.0. The van der Waals surface area contributed by atoms with Crippen molar-refractivity contribution in [3.8, 4) is 0 Å². The molecule has 1 aromatic rings. The minimum Gasteiger partial charge on any atom is -0.480 e. The molecule has 6 nitrogen and oxygen atoms in total. The van der Waals surface area contributed by atoms with Crippen molar-refractivity contribution in [3.63, 3.8) is 0 Å². The van der Waals surface area contributed by atoms with E-state index in [0.29, 0.717) is 6.61 Å². The topological polar surface area (TPSA) is 84.9 Å². The number of hydrogen-bond acceptors (Lipinski definition) is 4. The van der Waals surface area contributed by atoms with E-state index in [-0.39, 0.29) is 13.0 Å². The summed E-state index contributed by atoms with van der Waals surface area (Å²) in [6.45, 7) is 5.96. The molecule has 1 aromatic carbocycles. The van der Waals surface area contributed by atoms with Gasteiger partial charge in [-0.25, -0.2) is 9.59 Å². The van der Waals surface area contributed by atoms with Gasteiger partial charge in [0.05, 0.1) is 5.60 Å². The predicted octanol–water partition coefficient (Wildman–Crippen LogP) is 2.57. The monoisotopic (exact) mass is 309 g/mol. The summed E-state index contributed by atoms with van der Waals surface area (Å²) in [6.07, 6.45) is -0.611. The summed E-state index contributed by atoms with van der Waals surface area (Å²) in [7, 11) is 0. The molecule has 22 heavy (non-hydrogen) atoms. The van der Waals surface area contributed by atoms with E-state index in [1.165, 1.54) is 0 Å². The number of carbonyl (C=O) groups is 2. The molecule has 2 N–H and O–H groups in total. The molecule has 0 saturated heterocycles. The van der Waals surface area contributed by atoms with Gasteiger partial charge in [-0.2, -0.15) is 0 Å². The van der Waals surface area contributed by atoms with Crippen molar-refractivity contribution in [1.29, 1.82) is 0 Å². The van der Waals surface area contributed by atoms with Crippen molar-refractivity contribution in [2.45, 2.75) is 45.4 Å².